The van der Waals surface area contributed by atoms with E-state index in [1.165, 1.54) is 128 Å². The zero-order valence-corrected chi connectivity index (χ0v) is 50.9. The van der Waals surface area contributed by atoms with Crippen LogP contribution in [0.1, 0.15) is 340 Å². The van der Waals surface area contributed by atoms with Gasteiger partial charge in [-0.2, -0.15) is 0 Å². The minimum atomic E-state index is -5.90. The first kappa shape index (κ1) is 67.7. The van der Waals surface area contributed by atoms with E-state index in [1.54, 1.807) is 0 Å². The van der Waals surface area contributed by atoms with Gasteiger partial charge in [-0.15, -0.1) is 0 Å². The van der Waals surface area contributed by atoms with Gasteiger partial charge in [-0.3, -0.25) is 0 Å². The molecule has 0 radical (unpaired) electrons. The summed E-state index contributed by atoms with van der Waals surface area (Å²) in [5, 5.41) is 0. The van der Waals surface area contributed by atoms with Crippen molar-refractivity contribution in [1.82, 2.24) is 0 Å². The number of hydrogen-bond donors (Lipinski definition) is 0. The van der Waals surface area contributed by atoms with Gasteiger partial charge >= 0.3 is 332 Å². The van der Waals surface area contributed by atoms with Crippen molar-refractivity contribution >= 4 is 43.9 Å². The Morgan fingerprint density at radius 3 is 0.507 bits per heavy atom. The second-order valence-electron chi connectivity index (χ2n) is 26.0. The summed E-state index contributed by atoms with van der Waals surface area (Å²) in [6, 6.07) is 0. The van der Waals surface area contributed by atoms with E-state index < -0.39 is 43.9 Å². The Kier molecular flexibility index (Phi) is 39.3. The molecule has 0 saturated carbocycles. The Labute approximate surface area is 434 Å². The summed E-state index contributed by atoms with van der Waals surface area (Å²) in [5.74, 6) is -2.52. The van der Waals surface area contributed by atoms with Gasteiger partial charge in [-0.1, -0.05) is 83.1 Å². The molecule has 0 aliphatic heterocycles. The maximum absolute atomic E-state index is 13.6. The fourth-order valence-electron chi connectivity index (χ4n) is 8.83. The summed E-state index contributed by atoms with van der Waals surface area (Å²) < 4.78 is 23.7. The van der Waals surface area contributed by atoms with Gasteiger partial charge in [0.15, 0.2) is 0 Å². The fourth-order valence-corrected chi connectivity index (χ4v) is 13.9. The predicted octanol–water partition coefficient (Wildman–Crippen LogP) is 19.4. The van der Waals surface area contributed by atoms with Crippen molar-refractivity contribution in [3.63, 3.8) is 0 Å². The van der Waals surface area contributed by atoms with Crippen LogP contribution in [0.15, 0.2) is 0 Å². The Morgan fingerprint density at radius 2 is 0.362 bits per heavy atom. The summed E-state index contributed by atoms with van der Waals surface area (Å²) in [6.07, 6.45) is 39.4. The molecule has 0 unspecified atom stereocenters. The SMILES string of the molecule is CC(C)(C)CCCCCCCCCCC(=O)[O][Sn]([O]C(=O)CCCCCCCCCCC(C)(C)C)([O]C(=O)CCCCCCCCCCC(C)(C)C)[O]C(=O)CCCCCCCCCCC(C)(C)C. The predicted molar refractivity (Wildman–Crippen MR) is 293 cm³/mol. The van der Waals surface area contributed by atoms with Crippen LogP contribution in [0.2, 0.25) is 0 Å². The van der Waals surface area contributed by atoms with Crippen molar-refractivity contribution in [1.29, 1.82) is 0 Å². The molecule has 0 amide bonds. The molecule has 0 aromatic rings. The van der Waals surface area contributed by atoms with E-state index >= 15 is 0 Å². The third-order valence-electron chi connectivity index (χ3n) is 13.2. The molecule has 0 atom stereocenters. The molecule has 0 aliphatic rings. The Morgan fingerprint density at radius 1 is 0.232 bits per heavy atom. The second-order valence-corrected chi connectivity index (χ2v) is 31.1. The van der Waals surface area contributed by atoms with Gasteiger partial charge in [0.1, 0.15) is 0 Å². The Bertz CT molecular complexity index is 1090. The molecule has 0 saturated heterocycles. The van der Waals surface area contributed by atoms with Crippen LogP contribution < -0.4 is 0 Å². The van der Waals surface area contributed by atoms with Crippen molar-refractivity contribution in [3.05, 3.63) is 0 Å². The van der Waals surface area contributed by atoms with Crippen LogP contribution >= 0.6 is 0 Å². The van der Waals surface area contributed by atoms with Gasteiger partial charge in [0.25, 0.3) is 0 Å². The topological polar surface area (TPSA) is 105 Å². The van der Waals surface area contributed by atoms with E-state index in [4.69, 9.17) is 12.3 Å². The number of carbonyl (C=O) groups excluding carboxylic acids is 4. The zero-order valence-electron chi connectivity index (χ0n) is 48.1. The summed E-state index contributed by atoms with van der Waals surface area (Å²) in [4.78, 5) is 54.3. The van der Waals surface area contributed by atoms with E-state index in [9.17, 15) is 19.2 Å². The monoisotopic (exact) mass is 1080 g/mol. The Hall–Kier alpha value is -1.32. The molecule has 0 rings (SSSR count). The molecule has 0 heterocycles. The average molecular weight is 1080 g/mol. The third kappa shape index (κ3) is 50.0. The zero-order chi connectivity index (χ0) is 51.9. The molecule has 0 N–H and O–H groups in total. The van der Waals surface area contributed by atoms with Crippen LogP contribution in [0.4, 0.5) is 0 Å². The minimum Gasteiger partial charge on any atom is -0.0602 e. The third-order valence-corrected chi connectivity index (χ3v) is 18.6. The molecule has 408 valence electrons. The molecular weight excluding hydrogens is 967 g/mol. The van der Waals surface area contributed by atoms with Gasteiger partial charge in [0.05, 0.1) is 0 Å². The summed E-state index contributed by atoms with van der Waals surface area (Å²) in [7, 11) is 0. The number of hydrogen-bond acceptors (Lipinski definition) is 8. The van der Waals surface area contributed by atoms with Crippen LogP contribution in [-0.2, 0) is 31.5 Å². The molecule has 0 spiro atoms. The van der Waals surface area contributed by atoms with Crippen LogP contribution in [0.25, 0.3) is 0 Å². The molecule has 69 heavy (non-hydrogen) atoms. The summed E-state index contributed by atoms with van der Waals surface area (Å²) in [5.41, 5.74) is 1.53. The number of rotatable bonds is 44. The van der Waals surface area contributed by atoms with Crippen LogP contribution in [-0.4, -0.2) is 43.9 Å². The molecule has 8 nitrogen and oxygen atoms in total. The first-order valence-corrected chi connectivity index (χ1v) is 33.9. The van der Waals surface area contributed by atoms with E-state index in [0.29, 0.717) is 47.3 Å². The van der Waals surface area contributed by atoms with Gasteiger partial charge < -0.3 is 0 Å². The van der Waals surface area contributed by atoms with E-state index in [2.05, 4.69) is 83.1 Å². The molecule has 0 fully saturated rings. The summed E-state index contributed by atoms with van der Waals surface area (Å²) in [6.45, 7) is 27.5. The van der Waals surface area contributed by atoms with Gasteiger partial charge in [-0.05, 0) is 21.7 Å². The van der Waals surface area contributed by atoms with Gasteiger partial charge in [0.2, 0.25) is 0 Å². The van der Waals surface area contributed by atoms with Gasteiger partial charge in [-0.25, -0.2) is 0 Å². The average Bonchev–Trinajstić information content (AvgIpc) is 3.21. The quantitative estimate of drug-likeness (QED) is 0.0439. The van der Waals surface area contributed by atoms with Crippen LogP contribution in [0.5, 0.6) is 0 Å². The van der Waals surface area contributed by atoms with Crippen LogP contribution in [0.3, 0.4) is 0 Å². The normalized spacial score (nSPS) is 12.6. The molecule has 0 aromatic carbocycles. The number of unbranched alkanes of at least 4 members (excludes halogenated alkanes) is 28. The summed E-state index contributed by atoms with van der Waals surface area (Å²) >= 11 is -5.90. The Balaban J connectivity index is 5.59. The second kappa shape index (κ2) is 40.1. The van der Waals surface area contributed by atoms with Crippen molar-refractivity contribution in [2.24, 2.45) is 21.7 Å². The van der Waals surface area contributed by atoms with E-state index in [-0.39, 0.29) is 25.7 Å². The van der Waals surface area contributed by atoms with Crippen molar-refractivity contribution in [2.75, 3.05) is 0 Å². The van der Waals surface area contributed by atoms with Gasteiger partial charge in [0, 0.05) is 0 Å². The van der Waals surface area contributed by atoms with Crippen LogP contribution in [0, 0.1) is 21.7 Å². The molecular formula is C60H116O8Sn. The standard InChI is InChI=1S/4C15H30O2.Sn/c4*1-15(2,3)13-11-9-7-5-4-6-8-10-12-14(16)17;/h4*4-13H2,1-3H3,(H,16,17);/q;;;;+4/p-4. The van der Waals surface area contributed by atoms with E-state index in [0.717, 1.165) is 77.0 Å². The first-order valence-electron chi connectivity index (χ1n) is 29.3. The number of carbonyl (C=O) groups is 4. The van der Waals surface area contributed by atoms with E-state index in [1.807, 2.05) is 0 Å². The van der Waals surface area contributed by atoms with Crippen molar-refractivity contribution < 1.29 is 31.5 Å². The van der Waals surface area contributed by atoms with Crippen molar-refractivity contribution in [2.45, 2.75) is 340 Å². The van der Waals surface area contributed by atoms with Crippen molar-refractivity contribution in [3.8, 4) is 0 Å². The molecule has 0 aliphatic carbocycles. The smallest absolute Gasteiger partial charge is 0.0602 e. The molecule has 9 heteroatoms. The first-order chi connectivity index (χ1) is 32.4. The molecule has 0 aromatic heterocycles. The minimum absolute atomic E-state index is 0.0829. The molecule has 0 bridgehead atoms. The fraction of sp³-hybridized carbons (Fsp3) is 0.933. The maximum atomic E-state index is 13.6.